The van der Waals surface area contributed by atoms with Crippen molar-refractivity contribution in [2.24, 2.45) is 0 Å². The maximum atomic E-state index is 12.8. The number of aromatic nitrogens is 3. The van der Waals surface area contributed by atoms with Crippen molar-refractivity contribution in [3.63, 3.8) is 0 Å². The molecule has 0 N–H and O–H groups in total. The number of aryl methyl sites for hydroxylation is 1. The molecule has 0 aliphatic carbocycles. The topological polar surface area (TPSA) is 30.7 Å². The standard InChI is InChI=1S/C14H14Cl2F3N3/c1-3-5-11-12(4-2)22(21-20-11)13-9(15)6-8(7-10(13)16)14(17,18)19/h6-7H,3-5H2,1-2H3. The summed E-state index contributed by atoms with van der Waals surface area (Å²) in [5, 5.41) is 7.87. The first-order valence-electron chi connectivity index (χ1n) is 6.79. The molecule has 3 nitrogen and oxygen atoms in total. The van der Waals surface area contributed by atoms with Crippen molar-refractivity contribution < 1.29 is 13.2 Å². The van der Waals surface area contributed by atoms with Crippen LogP contribution in [0, 0.1) is 0 Å². The van der Waals surface area contributed by atoms with Crippen LogP contribution in [0.3, 0.4) is 0 Å². The summed E-state index contributed by atoms with van der Waals surface area (Å²) in [6.07, 6.45) is -2.26. The molecule has 0 saturated carbocycles. The van der Waals surface area contributed by atoms with E-state index in [9.17, 15) is 13.2 Å². The van der Waals surface area contributed by atoms with Gasteiger partial charge in [-0.15, -0.1) is 5.10 Å². The van der Waals surface area contributed by atoms with E-state index in [0.29, 0.717) is 6.42 Å². The zero-order chi connectivity index (χ0) is 16.5. The van der Waals surface area contributed by atoms with Crippen molar-refractivity contribution in [3.05, 3.63) is 39.1 Å². The molecule has 0 saturated heterocycles. The third-order valence-electron chi connectivity index (χ3n) is 3.22. The average molecular weight is 352 g/mol. The van der Waals surface area contributed by atoms with Crippen LogP contribution in [0.25, 0.3) is 5.69 Å². The maximum Gasteiger partial charge on any atom is 0.416 e. The van der Waals surface area contributed by atoms with Gasteiger partial charge in [0.05, 0.1) is 27.0 Å². The van der Waals surface area contributed by atoms with Gasteiger partial charge in [-0.1, -0.05) is 48.7 Å². The highest BCUT2D eigenvalue weighted by molar-refractivity contribution is 6.37. The number of alkyl halides is 3. The molecule has 8 heteroatoms. The molecular formula is C14H14Cl2F3N3. The summed E-state index contributed by atoms with van der Waals surface area (Å²) in [5.41, 5.74) is 0.934. The van der Waals surface area contributed by atoms with Crippen LogP contribution >= 0.6 is 23.2 Å². The number of hydrogen-bond donors (Lipinski definition) is 0. The predicted molar refractivity (Wildman–Crippen MR) is 79.8 cm³/mol. The summed E-state index contributed by atoms with van der Waals surface area (Å²) in [6, 6.07) is 1.70. The van der Waals surface area contributed by atoms with Crippen LogP contribution in [0.15, 0.2) is 12.1 Å². The quantitative estimate of drug-likeness (QED) is 0.766. The summed E-state index contributed by atoms with van der Waals surface area (Å²) < 4.78 is 39.8. The fourth-order valence-electron chi connectivity index (χ4n) is 2.23. The van der Waals surface area contributed by atoms with Crippen LogP contribution in [0.4, 0.5) is 13.2 Å². The van der Waals surface area contributed by atoms with Crippen LogP contribution in [0.2, 0.25) is 10.0 Å². The molecule has 0 unspecified atom stereocenters. The van der Waals surface area contributed by atoms with Crippen LogP contribution in [-0.2, 0) is 19.0 Å². The lowest BCUT2D eigenvalue weighted by Crippen LogP contribution is -2.09. The lowest BCUT2D eigenvalue weighted by atomic mass is 10.1. The van der Waals surface area contributed by atoms with Crippen molar-refractivity contribution in [2.75, 3.05) is 0 Å². The maximum absolute atomic E-state index is 12.8. The van der Waals surface area contributed by atoms with Crippen LogP contribution in [-0.4, -0.2) is 15.0 Å². The Kier molecular flexibility index (Phi) is 5.02. The third-order valence-corrected chi connectivity index (χ3v) is 3.80. The lowest BCUT2D eigenvalue weighted by Gasteiger charge is -2.13. The minimum absolute atomic E-state index is 0.109. The Morgan fingerprint density at radius 3 is 2.18 bits per heavy atom. The van der Waals surface area contributed by atoms with Gasteiger partial charge in [0, 0.05) is 0 Å². The third kappa shape index (κ3) is 3.22. The average Bonchev–Trinajstić information content (AvgIpc) is 2.80. The highest BCUT2D eigenvalue weighted by Crippen LogP contribution is 2.37. The molecule has 0 spiro atoms. The molecule has 1 aromatic heterocycles. The van der Waals surface area contributed by atoms with Crippen molar-refractivity contribution in [3.8, 4) is 5.69 Å². The Hall–Kier alpha value is -1.27. The van der Waals surface area contributed by atoms with Crippen LogP contribution in [0.5, 0.6) is 0 Å². The second kappa shape index (κ2) is 6.46. The van der Waals surface area contributed by atoms with E-state index in [2.05, 4.69) is 10.3 Å². The predicted octanol–water partition coefficient (Wildman–Crippen LogP) is 5.11. The van der Waals surface area contributed by atoms with Gasteiger partial charge in [0.15, 0.2) is 0 Å². The monoisotopic (exact) mass is 351 g/mol. The first-order valence-corrected chi connectivity index (χ1v) is 7.55. The van der Waals surface area contributed by atoms with Gasteiger partial charge in [-0.2, -0.15) is 13.2 Å². The second-order valence-corrected chi connectivity index (χ2v) is 5.60. The molecule has 0 aliphatic rings. The highest BCUT2D eigenvalue weighted by atomic mass is 35.5. The number of halogens is 5. The summed E-state index contributed by atoms with van der Waals surface area (Å²) in [5.74, 6) is 0. The van der Waals surface area contributed by atoms with Crippen molar-refractivity contribution in [2.45, 2.75) is 39.3 Å². The number of hydrogen-bond acceptors (Lipinski definition) is 2. The highest BCUT2D eigenvalue weighted by Gasteiger charge is 2.32. The van der Waals surface area contributed by atoms with E-state index in [-0.39, 0.29) is 15.7 Å². The van der Waals surface area contributed by atoms with E-state index in [4.69, 9.17) is 23.2 Å². The minimum atomic E-state index is -4.50. The fourth-order valence-corrected chi connectivity index (χ4v) is 2.88. The molecule has 1 aromatic carbocycles. The van der Waals surface area contributed by atoms with Crippen molar-refractivity contribution >= 4 is 23.2 Å². The van der Waals surface area contributed by atoms with Gasteiger partial charge in [-0.05, 0) is 25.0 Å². The van der Waals surface area contributed by atoms with Crippen LogP contribution < -0.4 is 0 Å². The van der Waals surface area contributed by atoms with Gasteiger partial charge in [-0.3, -0.25) is 0 Å². The Morgan fingerprint density at radius 1 is 1.14 bits per heavy atom. The molecule has 2 aromatic rings. The largest absolute Gasteiger partial charge is 0.416 e. The molecule has 22 heavy (non-hydrogen) atoms. The van der Waals surface area contributed by atoms with Gasteiger partial charge < -0.3 is 0 Å². The van der Waals surface area contributed by atoms with E-state index in [1.165, 1.54) is 4.68 Å². The molecular weight excluding hydrogens is 338 g/mol. The number of nitrogens with zero attached hydrogens (tertiary/aromatic N) is 3. The molecule has 120 valence electrons. The number of benzene rings is 1. The first kappa shape index (κ1) is 17.1. The van der Waals surface area contributed by atoms with Crippen molar-refractivity contribution in [1.82, 2.24) is 15.0 Å². The Labute approximate surface area is 136 Å². The number of rotatable bonds is 4. The Morgan fingerprint density at radius 2 is 1.73 bits per heavy atom. The first-order chi connectivity index (χ1) is 10.3. The van der Waals surface area contributed by atoms with Gasteiger partial charge in [0.25, 0.3) is 0 Å². The molecule has 0 radical (unpaired) electrons. The van der Waals surface area contributed by atoms with E-state index in [1.807, 2.05) is 13.8 Å². The molecule has 0 bridgehead atoms. The van der Waals surface area contributed by atoms with E-state index in [0.717, 1.165) is 36.4 Å². The summed E-state index contributed by atoms with van der Waals surface area (Å²) in [7, 11) is 0. The fraction of sp³-hybridized carbons (Fsp3) is 0.429. The van der Waals surface area contributed by atoms with Crippen molar-refractivity contribution in [1.29, 1.82) is 0 Å². The van der Waals surface area contributed by atoms with E-state index < -0.39 is 11.7 Å². The normalized spacial score (nSPS) is 12.0. The molecule has 2 rings (SSSR count). The zero-order valence-electron chi connectivity index (χ0n) is 12.0. The molecule has 0 atom stereocenters. The minimum Gasteiger partial charge on any atom is -0.214 e. The van der Waals surface area contributed by atoms with Gasteiger partial charge in [0.2, 0.25) is 0 Å². The summed E-state index contributed by atoms with van der Waals surface area (Å²) in [6.45, 7) is 3.93. The SMILES string of the molecule is CCCc1nnn(-c2c(Cl)cc(C(F)(F)F)cc2Cl)c1CC. The van der Waals surface area contributed by atoms with Crippen LogP contribution in [0.1, 0.15) is 37.2 Å². The van der Waals surface area contributed by atoms with Gasteiger partial charge in [0.1, 0.15) is 5.69 Å². The second-order valence-electron chi connectivity index (χ2n) is 4.78. The Balaban J connectivity index is 2.59. The molecule has 1 heterocycles. The van der Waals surface area contributed by atoms with E-state index >= 15 is 0 Å². The molecule has 0 fully saturated rings. The smallest absolute Gasteiger partial charge is 0.214 e. The zero-order valence-corrected chi connectivity index (χ0v) is 13.5. The molecule has 0 amide bonds. The van der Waals surface area contributed by atoms with E-state index in [1.54, 1.807) is 0 Å². The lowest BCUT2D eigenvalue weighted by molar-refractivity contribution is -0.137. The summed E-state index contributed by atoms with van der Waals surface area (Å²) in [4.78, 5) is 0. The summed E-state index contributed by atoms with van der Waals surface area (Å²) >= 11 is 12.0. The molecule has 0 aliphatic heterocycles. The van der Waals surface area contributed by atoms with Gasteiger partial charge >= 0.3 is 6.18 Å². The Bertz CT molecular complexity index is 657. The van der Waals surface area contributed by atoms with Gasteiger partial charge in [-0.25, -0.2) is 4.68 Å².